The molecule has 1 aromatic carbocycles. The van der Waals surface area contributed by atoms with Crippen LogP contribution in [0.4, 0.5) is 11.4 Å². The van der Waals surface area contributed by atoms with Crippen molar-refractivity contribution in [3.8, 4) is 0 Å². The number of benzene rings is 1. The molecule has 1 aromatic rings. The van der Waals surface area contributed by atoms with Gasteiger partial charge in [0.1, 0.15) is 5.82 Å². The van der Waals surface area contributed by atoms with E-state index in [1.54, 1.807) is 6.21 Å². The maximum absolute atomic E-state index is 11.8. The maximum Gasteiger partial charge on any atom is 0.211 e. The Balaban J connectivity index is 1.43. The number of rotatable bonds is 6. The van der Waals surface area contributed by atoms with Crippen molar-refractivity contribution in [2.24, 2.45) is 4.99 Å². The van der Waals surface area contributed by atoms with Crippen LogP contribution in [0, 0.1) is 0 Å². The minimum atomic E-state index is -3.28. The molecule has 32 heavy (non-hydrogen) atoms. The highest BCUT2D eigenvalue weighted by molar-refractivity contribution is 7.88. The van der Waals surface area contributed by atoms with Gasteiger partial charge in [0.2, 0.25) is 16.3 Å². The number of anilines is 2. The van der Waals surface area contributed by atoms with E-state index in [1.165, 1.54) is 21.9 Å². The summed E-state index contributed by atoms with van der Waals surface area (Å²) in [6.45, 7) is 2.74. The molecule has 1 fully saturated rings. The van der Waals surface area contributed by atoms with Crippen molar-refractivity contribution in [1.82, 2.24) is 19.8 Å². The lowest BCUT2D eigenvalue weighted by molar-refractivity contribution is 0.299. The van der Waals surface area contributed by atoms with Gasteiger partial charge in [0.05, 0.1) is 6.26 Å². The van der Waals surface area contributed by atoms with Crippen molar-refractivity contribution in [2.75, 3.05) is 36.6 Å². The first-order valence-electron chi connectivity index (χ1n) is 11.0. The van der Waals surface area contributed by atoms with Gasteiger partial charge in [-0.05, 0) is 42.7 Å². The fourth-order valence-electron chi connectivity index (χ4n) is 4.50. The summed E-state index contributed by atoms with van der Waals surface area (Å²) in [7, 11) is -1.18. The van der Waals surface area contributed by atoms with Crippen molar-refractivity contribution in [1.29, 1.82) is 0 Å². The molecule has 3 aliphatic rings. The van der Waals surface area contributed by atoms with Crippen molar-refractivity contribution in [2.45, 2.75) is 50.6 Å². The number of sulfonamides is 1. The average molecular weight is 482 g/mol. The summed E-state index contributed by atoms with van der Waals surface area (Å²) >= 11 is 6.66. The van der Waals surface area contributed by atoms with Gasteiger partial charge in [-0.1, -0.05) is 12.8 Å². The van der Waals surface area contributed by atoms with Gasteiger partial charge in [0.15, 0.2) is 0 Å². The molecular weight excluding hydrogens is 450 g/mol. The number of hydrogen-bond donors (Lipinski definition) is 4. The van der Waals surface area contributed by atoms with Crippen LogP contribution in [-0.2, 0) is 16.6 Å². The zero-order chi connectivity index (χ0) is 22.7. The molecule has 2 heterocycles. The lowest BCUT2D eigenvalue weighted by Crippen LogP contribution is -2.53. The van der Waals surface area contributed by atoms with Gasteiger partial charge in [-0.25, -0.2) is 22.6 Å². The van der Waals surface area contributed by atoms with Gasteiger partial charge in [0, 0.05) is 68.1 Å². The van der Waals surface area contributed by atoms with Crippen molar-refractivity contribution >= 4 is 39.4 Å². The summed E-state index contributed by atoms with van der Waals surface area (Å²) in [4.78, 5) is 6.73. The van der Waals surface area contributed by atoms with E-state index in [9.17, 15) is 8.42 Å². The summed E-state index contributed by atoms with van der Waals surface area (Å²) in [6, 6.07) is 6.09. The first kappa shape index (κ1) is 23.2. The molecule has 2 aliphatic heterocycles. The Morgan fingerprint density at radius 3 is 2.75 bits per heavy atom. The van der Waals surface area contributed by atoms with E-state index in [0.29, 0.717) is 5.82 Å². The highest BCUT2D eigenvalue weighted by Gasteiger charge is 2.30. The third-order valence-electron chi connectivity index (χ3n) is 6.10. The molecule has 11 heteroatoms. The van der Waals surface area contributed by atoms with E-state index in [1.807, 2.05) is 12.1 Å². The molecule has 176 valence electrons. The van der Waals surface area contributed by atoms with Crippen LogP contribution in [-0.4, -0.2) is 63.8 Å². The molecule has 9 nitrogen and oxygen atoms in total. The topological polar surface area (TPSA) is 101 Å². The standard InChI is InChI=1S/C21H32ClN7O2S/c1-28-12-11-23-14-15-13-16(7-8-19(15)28)25-21-24-10-9-20(29(21)22)26-17-5-3-4-6-18(17)27-32(2,30)31/h7-10,13,17-18,21,23,25-27H,3-6,11-12,14H2,1-2H3/t17-,18-,21?/m1/s1. The van der Waals surface area contributed by atoms with Crippen LogP contribution in [0.15, 0.2) is 35.1 Å². The number of hydrogen-bond acceptors (Lipinski definition) is 8. The van der Waals surface area contributed by atoms with Crippen LogP contribution in [0.2, 0.25) is 0 Å². The third-order valence-corrected chi connectivity index (χ3v) is 7.19. The predicted molar refractivity (Wildman–Crippen MR) is 130 cm³/mol. The molecule has 0 saturated heterocycles. The third kappa shape index (κ3) is 5.67. The van der Waals surface area contributed by atoms with Crippen molar-refractivity contribution < 1.29 is 8.42 Å². The summed E-state index contributed by atoms with van der Waals surface area (Å²) < 4.78 is 27.8. The van der Waals surface area contributed by atoms with Crippen LogP contribution in [0.5, 0.6) is 0 Å². The highest BCUT2D eigenvalue weighted by atomic mass is 35.5. The molecule has 0 radical (unpaired) electrons. The first-order chi connectivity index (χ1) is 15.3. The van der Waals surface area contributed by atoms with Crippen LogP contribution in [0.3, 0.4) is 0 Å². The molecule has 1 unspecified atom stereocenters. The number of aliphatic imine (C=N–C) groups is 1. The zero-order valence-electron chi connectivity index (χ0n) is 18.5. The lowest BCUT2D eigenvalue weighted by Gasteiger charge is -2.37. The molecule has 3 atom stereocenters. The van der Waals surface area contributed by atoms with Crippen LogP contribution < -0.4 is 25.6 Å². The molecule has 0 amide bonds. The first-order valence-corrected chi connectivity index (χ1v) is 13.3. The minimum Gasteiger partial charge on any atom is -0.373 e. The number of likely N-dealkylation sites (N-methyl/N-ethyl adjacent to an activating group) is 1. The fourth-order valence-corrected chi connectivity index (χ4v) is 5.53. The van der Waals surface area contributed by atoms with Crippen LogP contribution in [0.1, 0.15) is 31.2 Å². The second-order valence-electron chi connectivity index (χ2n) is 8.65. The van der Waals surface area contributed by atoms with Gasteiger partial charge < -0.3 is 20.9 Å². The predicted octanol–water partition coefficient (Wildman–Crippen LogP) is 1.75. The number of fused-ring (bicyclic) bond motifs is 1. The molecule has 0 aromatic heterocycles. The van der Waals surface area contributed by atoms with Gasteiger partial charge in [-0.15, -0.1) is 0 Å². The summed E-state index contributed by atoms with van der Waals surface area (Å²) in [5.74, 6) is 0.697. The second-order valence-corrected chi connectivity index (χ2v) is 10.8. The summed E-state index contributed by atoms with van der Waals surface area (Å²) in [6.07, 6.45) is 7.97. The van der Waals surface area contributed by atoms with Gasteiger partial charge >= 0.3 is 0 Å². The molecule has 4 rings (SSSR count). The van der Waals surface area contributed by atoms with E-state index in [-0.39, 0.29) is 12.1 Å². The van der Waals surface area contributed by atoms with Crippen molar-refractivity contribution in [3.05, 3.63) is 35.7 Å². The Labute approximate surface area is 195 Å². The number of nitrogens with one attached hydrogen (secondary N) is 4. The number of nitrogens with zero attached hydrogens (tertiary/aromatic N) is 3. The van der Waals surface area contributed by atoms with Crippen LogP contribution in [0.25, 0.3) is 0 Å². The summed E-state index contributed by atoms with van der Waals surface area (Å²) in [5.41, 5.74) is 3.38. The maximum atomic E-state index is 11.8. The van der Waals surface area contributed by atoms with Crippen molar-refractivity contribution in [3.63, 3.8) is 0 Å². The largest absolute Gasteiger partial charge is 0.373 e. The fraction of sp³-hybridized carbons (Fsp3) is 0.571. The number of halogens is 1. The van der Waals surface area contributed by atoms with E-state index < -0.39 is 16.3 Å². The van der Waals surface area contributed by atoms with Gasteiger partial charge in [0.25, 0.3) is 0 Å². The molecule has 1 aliphatic carbocycles. The lowest BCUT2D eigenvalue weighted by atomic mass is 9.91. The monoisotopic (exact) mass is 481 g/mol. The Morgan fingerprint density at radius 2 is 1.97 bits per heavy atom. The normalized spacial score (nSPS) is 26.2. The Kier molecular flexibility index (Phi) is 7.14. The van der Waals surface area contributed by atoms with E-state index >= 15 is 0 Å². The highest BCUT2D eigenvalue weighted by Crippen LogP contribution is 2.27. The Bertz CT molecular complexity index is 984. The Hall–Kier alpha value is -2.01. The molecule has 4 N–H and O–H groups in total. The van der Waals surface area contributed by atoms with E-state index in [4.69, 9.17) is 11.8 Å². The van der Waals surface area contributed by atoms with Gasteiger partial charge in [-0.3, -0.25) is 0 Å². The SMILES string of the molecule is CN1CCNCc2cc(NC3N=CC=C(N[C@@H]4CCCC[C@H]4NS(C)(=O)=O)N3Cl)ccc21. The smallest absolute Gasteiger partial charge is 0.211 e. The molecular formula is C21H32ClN7O2S. The number of allylic oxidation sites excluding steroid dienone is 1. The Morgan fingerprint density at radius 1 is 1.19 bits per heavy atom. The average Bonchev–Trinajstić information content (AvgIpc) is 2.92. The van der Waals surface area contributed by atoms with E-state index in [0.717, 1.165) is 51.0 Å². The molecule has 1 saturated carbocycles. The zero-order valence-corrected chi connectivity index (χ0v) is 20.1. The quantitative estimate of drug-likeness (QED) is 0.459. The molecule has 0 spiro atoms. The molecule has 0 bridgehead atoms. The van der Waals surface area contributed by atoms with Crippen LogP contribution >= 0.6 is 11.8 Å². The minimum absolute atomic E-state index is 0.0350. The van der Waals surface area contributed by atoms with E-state index in [2.05, 4.69) is 49.7 Å². The summed E-state index contributed by atoms with van der Waals surface area (Å²) in [5, 5.41) is 10.3. The second kappa shape index (κ2) is 9.86. The van der Waals surface area contributed by atoms with Gasteiger partial charge in [-0.2, -0.15) is 0 Å².